The number of benzene rings is 2. The maximum atomic E-state index is 12.7. The molecule has 0 aliphatic rings. The molecule has 0 bridgehead atoms. The van der Waals surface area contributed by atoms with Crippen LogP contribution in [-0.2, 0) is 11.3 Å². The van der Waals surface area contributed by atoms with Crippen LogP contribution >= 0.6 is 15.9 Å². The number of hydrogen-bond acceptors (Lipinski definition) is 6. The van der Waals surface area contributed by atoms with E-state index in [1.54, 1.807) is 18.1 Å². The van der Waals surface area contributed by atoms with Crippen molar-refractivity contribution in [3.63, 3.8) is 0 Å². The highest BCUT2D eigenvalue weighted by atomic mass is 79.9. The van der Waals surface area contributed by atoms with E-state index in [0.29, 0.717) is 24.0 Å². The van der Waals surface area contributed by atoms with Crippen LogP contribution in [0, 0.1) is 6.92 Å². The summed E-state index contributed by atoms with van der Waals surface area (Å²) in [7, 11) is 1.61. The summed E-state index contributed by atoms with van der Waals surface area (Å²) in [5.74, 6) is 1.97. The Bertz CT molecular complexity index is 1020. The smallest absolute Gasteiger partial charge is 0.261 e. The Morgan fingerprint density at radius 2 is 2.03 bits per heavy atom. The van der Waals surface area contributed by atoms with Crippen molar-refractivity contribution in [1.82, 2.24) is 15.0 Å². The second-order valence-electron chi connectivity index (χ2n) is 6.50. The predicted octanol–water partition coefficient (Wildman–Crippen LogP) is 4.41. The molecule has 0 saturated carbocycles. The van der Waals surface area contributed by atoms with Crippen LogP contribution in [0.2, 0.25) is 0 Å². The van der Waals surface area contributed by atoms with Gasteiger partial charge in [0, 0.05) is 16.6 Å². The predicted molar refractivity (Wildman–Crippen MR) is 116 cm³/mol. The zero-order valence-electron chi connectivity index (χ0n) is 16.8. The van der Waals surface area contributed by atoms with E-state index in [0.717, 1.165) is 21.3 Å². The van der Waals surface area contributed by atoms with Gasteiger partial charge in [-0.3, -0.25) is 4.79 Å². The molecule has 0 radical (unpaired) electrons. The van der Waals surface area contributed by atoms with Gasteiger partial charge in [-0.25, -0.2) is 0 Å². The first-order valence-electron chi connectivity index (χ1n) is 9.24. The van der Waals surface area contributed by atoms with Gasteiger partial charge in [0.15, 0.2) is 6.61 Å². The molecule has 3 rings (SSSR count). The van der Waals surface area contributed by atoms with Crippen molar-refractivity contribution in [1.29, 1.82) is 0 Å². The van der Waals surface area contributed by atoms with Gasteiger partial charge < -0.3 is 18.9 Å². The van der Waals surface area contributed by atoms with Crippen molar-refractivity contribution in [3.8, 4) is 22.9 Å². The Morgan fingerprint density at radius 1 is 1.27 bits per heavy atom. The summed E-state index contributed by atoms with van der Waals surface area (Å²) in [5, 5.41) is 4.00. The summed E-state index contributed by atoms with van der Waals surface area (Å²) in [5.41, 5.74) is 1.73. The number of hydrogen-bond donors (Lipinski definition) is 0. The molecule has 3 aromatic rings. The van der Waals surface area contributed by atoms with E-state index in [2.05, 4.69) is 32.6 Å². The fraction of sp³-hybridized carbons (Fsp3) is 0.227. The molecule has 156 valence electrons. The minimum Gasteiger partial charge on any atom is -0.497 e. The van der Waals surface area contributed by atoms with E-state index < -0.39 is 0 Å². The lowest BCUT2D eigenvalue weighted by atomic mass is 10.2. The van der Waals surface area contributed by atoms with Crippen LogP contribution in [0.5, 0.6) is 11.5 Å². The van der Waals surface area contributed by atoms with Gasteiger partial charge in [0.2, 0.25) is 11.7 Å². The Hall–Kier alpha value is -3.13. The van der Waals surface area contributed by atoms with E-state index in [1.165, 1.54) is 0 Å². The molecule has 0 saturated heterocycles. The van der Waals surface area contributed by atoms with Gasteiger partial charge in [-0.05, 0) is 55.0 Å². The zero-order chi connectivity index (χ0) is 21.5. The van der Waals surface area contributed by atoms with Crippen LogP contribution in [0.3, 0.4) is 0 Å². The Morgan fingerprint density at radius 3 is 2.70 bits per heavy atom. The number of halogens is 1. The van der Waals surface area contributed by atoms with Crippen LogP contribution in [-0.4, -0.2) is 41.2 Å². The standard InChI is InChI=1S/C22H22BrN3O4/c1-4-11-26(21(27)14-29-19-10-7-17(23)12-15(19)2)13-20-24-22(25-30-20)16-5-8-18(28-3)9-6-16/h4-10,12H,1,11,13-14H2,2-3H3. The monoisotopic (exact) mass is 471 g/mol. The Labute approximate surface area is 183 Å². The molecule has 0 N–H and O–H groups in total. The average molecular weight is 472 g/mol. The van der Waals surface area contributed by atoms with Crippen molar-refractivity contribution >= 4 is 21.8 Å². The van der Waals surface area contributed by atoms with E-state index in [4.69, 9.17) is 14.0 Å². The molecule has 1 aromatic heterocycles. The molecule has 1 heterocycles. The summed E-state index contributed by atoms with van der Waals surface area (Å²) in [6.45, 7) is 6.04. The third-order valence-corrected chi connectivity index (χ3v) is 4.83. The maximum absolute atomic E-state index is 12.7. The fourth-order valence-electron chi connectivity index (χ4n) is 2.76. The van der Waals surface area contributed by atoms with Crippen molar-refractivity contribution < 1.29 is 18.8 Å². The number of rotatable bonds is 9. The quantitative estimate of drug-likeness (QED) is 0.430. The van der Waals surface area contributed by atoms with E-state index in [9.17, 15) is 4.79 Å². The van der Waals surface area contributed by atoms with Crippen LogP contribution in [0.4, 0.5) is 0 Å². The second-order valence-corrected chi connectivity index (χ2v) is 7.42. The van der Waals surface area contributed by atoms with Crippen molar-refractivity contribution in [3.05, 3.63) is 71.0 Å². The molecule has 30 heavy (non-hydrogen) atoms. The SMILES string of the molecule is C=CCN(Cc1nc(-c2ccc(OC)cc2)no1)C(=O)COc1ccc(Br)cc1C. The highest BCUT2D eigenvalue weighted by Crippen LogP contribution is 2.23. The molecule has 0 aliphatic carbocycles. The second kappa shape index (κ2) is 10.1. The lowest BCUT2D eigenvalue weighted by molar-refractivity contribution is -0.133. The maximum Gasteiger partial charge on any atom is 0.261 e. The van der Waals surface area contributed by atoms with Gasteiger partial charge in [-0.2, -0.15) is 4.98 Å². The third-order valence-electron chi connectivity index (χ3n) is 4.33. The number of aromatic nitrogens is 2. The summed E-state index contributed by atoms with van der Waals surface area (Å²) in [4.78, 5) is 18.6. The summed E-state index contributed by atoms with van der Waals surface area (Å²) >= 11 is 3.41. The number of carbonyl (C=O) groups is 1. The molecule has 2 aromatic carbocycles. The third kappa shape index (κ3) is 5.48. The molecule has 1 amide bonds. The van der Waals surface area contributed by atoms with Crippen LogP contribution < -0.4 is 9.47 Å². The first-order chi connectivity index (χ1) is 14.5. The van der Waals surface area contributed by atoms with E-state index >= 15 is 0 Å². The molecule has 0 spiro atoms. The summed E-state index contributed by atoms with van der Waals surface area (Å²) in [6.07, 6.45) is 1.64. The van der Waals surface area contributed by atoms with Gasteiger partial charge in [-0.15, -0.1) is 6.58 Å². The molecule has 0 fully saturated rings. The number of amides is 1. The van der Waals surface area contributed by atoms with Crippen molar-refractivity contribution in [2.75, 3.05) is 20.3 Å². The summed E-state index contributed by atoms with van der Waals surface area (Å²) < 4.78 is 17.1. The number of nitrogens with zero attached hydrogens (tertiary/aromatic N) is 3. The molecular weight excluding hydrogens is 450 g/mol. The number of carbonyl (C=O) groups excluding carboxylic acids is 1. The van der Waals surface area contributed by atoms with E-state index in [1.807, 2.05) is 49.4 Å². The number of methoxy groups -OCH3 is 1. The minimum atomic E-state index is -0.207. The Kier molecular flexibility index (Phi) is 7.24. The Balaban J connectivity index is 1.65. The molecule has 8 heteroatoms. The molecule has 7 nitrogen and oxygen atoms in total. The van der Waals surface area contributed by atoms with E-state index in [-0.39, 0.29) is 19.1 Å². The van der Waals surface area contributed by atoms with Gasteiger partial charge in [0.25, 0.3) is 5.91 Å². The normalized spacial score (nSPS) is 10.5. The molecular formula is C22H22BrN3O4. The molecule has 0 atom stereocenters. The number of aryl methyl sites for hydroxylation is 1. The first-order valence-corrected chi connectivity index (χ1v) is 10.0. The first kappa shape index (κ1) is 21.6. The summed E-state index contributed by atoms with van der Waals surface area (Å²) in [6, 6.07) is 12.9. The largest absolute Gasteiger partial charge is 0.497 e. The van der Waals surface area contributed by atoms with Crippen molar-refractivity contribution in [2.45, 2.75) is 13.5 Å². The van der Waals surface area contributed by atoms with Gasteiger partial charge in [0.05, 0.1) is 7.11 Å². The fourth-order valence-corrected chi connectivity index (χ4v) is 3.23. The number of ether oxygens (including phenoxy) is 2. The lowest BCUT2D eigenvalue weighted by Crippen LogP contribution is -2.34. The highest BCUT2D eigenvalue weighted by Gasteiger charge is 2.18. The zero-order valence-corrected chi connectivity index (χ0v) is 18.4. The topological polar surface area (TPSA) is 77.7 Å². The molecule has 0 aliphatic heterocycles. The van der Waals surface area contributed by atoms with Gasteiger partial charge in [0.1, 0.15) is 18.0 Å². The van der Waals surface area contributed by atoms with Crippen LogP contribution in [0.25, 0.3) is 11.4 Å². The van der Waals surface area contributed by atoms with Gasteiger partial charge >= 0.3 is 0 Å². The van der Waals surface area contributed by atoms with Crippen LogP contribution in [0.15, 0.2) is 64.1 Å². The van der Waals surface area contributed by atoms with Gasteiger partial charge in [-0.1, -0.05) is 27.2 Å². The van der Waals surface area contributed by atoms with Crippen molar-refractivity contribution in [2.24, 2.45) is 0 Å². The van der Waals surface area contributed by atoms with Crippen LogP contribution in [0.1, 0.15) is 11.5 Å². The minimum absolute atomic E-state index is 0.101. The average Bonchev–Trinajstić information content (AvgIpc) is 3.21. The lowest BCUT2D eigenvalue weighted by Gasteiger charge is -2.19. The molecule has 0 unspecified atom stereocenters. The highest BCUT2D eigenvalue weighted by molar-refractivity contribution is 9.10.